The minimum Gasteiger partial charge on any atom is -0.489 e. The van der Waals surface area contributed by atoms with Gasteiger partial charge in [0.25, 0.3) is 5.91 Å². The lowest BCUT2D eigenvalue weighted by Gasteiger charge is -2.40. The molecule has 1 aromatic rings. The summed E-state index contributed by atoms with van der Waals surface area (Å²) in [5.74, 6) is 0.614. The van der Waals surface area contributed by atoms with Gasteiger partial charge in [0.1, 0.15) is 28.6 Å². The fourth-order valence-electron chi connectivity index (χ4n) is 4.07. The zero-order valence-corrected chi connectivity index (χ0v) is 18.9. The van der Waals surface area contributed by atoms with Crippen molar-refractivity contribution in [3.63, 3.8) is 0 Å². The molecule has 10 heteroatoms. The van der Waals surface area contributed by atoms with E-state index in [9.17, 15) is 9.59 Å². The minimum absolute atomic E-state index is 0.125. The SMILES string of the molecule is CC(C)(C)OC(=O)N1CCN2C(=O)c3c(N4CCCC4)nc(Cl)c(Cl)c3OCC2C1. The Morgan fingerprint density at radius 2 is 1.87 bits per heavy atom. The molecule has 0 bridgehead atoms. The third-order valence-electron chi connectivity index (χ3n) is 5.47. The molecule has 0 spiro atoms. The number of anilines is 1. The Bertz CT molecular complexity index is 867. The maximum Gasteiger partial charge on any atom is 0.410 e. The molecule has 0 aromatic carbocycles. The fraction of sp³-hybridized carbons (Fsp3) is 0.650. The lowest BCUT2D eigenvalue weighted by molar-refractivity contribution is 0.000956. The van der Waals surface area contributed by atoms with E-state index in [0.717, 1.165) is 25.9 Å². The summed E-state index contributed by atoms with van der Waals surface area (Å²) in [5.41, 5.74) is -0.222. The van der Waals surface area contributed by atoms with Gasteiger partial charge in [-0.3, -0.25) is 4.79 Å². The molecule has 4 rings (SSSR count). The van der Waals surface area contributed by atoms with Crippen molar-refractivity contribution >= 4 is 41.0 Å². The molecular weight excluding hydrogens is 431 g/mol. The van der Waals surface area contributed by atoms with Crippen molar-refractivity contribution in [2.45, 2.75) is 45.3 Å². The number of hydrogen-bond acceptors (Lipinski definition) is 6. The molecule has 4 heterocycles. The lowest BCUT2D eigenvalue weighted by atomic mass is 10.1. The number of amides is 2. The molecule has 2 fully saturated rings. The molecule has 0 aliphatic carbocycles. The number of fused-ring (bicyclic) bond motifs is 2. The first-order valence-electron chi connectivity index (χ1n) is 10.2. The van der Waals surface area contributed by atoms with E-state index in [0.29, 0.717) is 31.0 Å². The molecule has 3 aliphatic heterocycles. The van der Waals surface area contributed by atoms with Gasteiger partial charge < -0.3 is 24.2 Å². The largest absolute Gasteiger partial charge is 0.489 e. The van der Waals surface area contributed by atoms with Crippen molar-refractivity contribution in [3.05, 3.63) is 15.7 Å². The predicted molar refractivity (Wildman–Crippen MR) is 114 cm³/mol. The number of halogens is 2. The summed E-state index contributed by atoms with van der Waals surface area (Å²) in [6, 6.07) is -0.313. The quantitative estimate of drug-likeness (QED) is 0.602. The zero-order chi connectivity index (χ0) is 21.6. The Labute approximate surface area is 186 Å². The second-order valence-electron chi connectivity index (χ2n) is 8.83. The summed E-state index contributed by atoms with van der Waals surface area (Å²) >= 11 is 12.6. The number of rotatable bonds is 1. The van der Waals surface area contributed by atoms with Crippen LogP contribution in [0.4, 0.5) is 10.6 Å². The molecule has 164 valence electrons. The van der Waals surface area contributed by atoms with Crippen molar-refractivity contribution < 1.29 is 19.1 Å². The normalized spacial score (nSPS) is 21.7. The molecule has 0 saturated carbocycles. The van der Waals surface area contributed by atoms with Crippen LogP contribution in [0.25, 0.3) is 0 Å². The van der Waals surface area contributed by atoms with Crippen LogP contribution in [0.2, 0.25) is 10.2 Å². The average molecular weight is 457 g/mol. The Hall–Kier alpha value is -1.93. The zero-order valence-electron chi connectivity index (χ0n) is 17.4. The van der Waals surface area contributed by atoms with Gasteiger partial charge >= 0.3 is 6.09 Å². The second-order valence-corrected chi connectivity index (χ2v) is 9.56. The first-order valence-corrected chi connectivity index (χ1v) is 11.0. The summed E-state index contributed by atoms with van der Waals surface area (Å²) in [6.07, 6.45) is 1.67. The summed E-state index contributed by atoms with van der Waals surface area (Å²) in [4.78, 5) is 35.9. The van der Waals surface area contributed by atoms with E-state index in [4.69, 9.17) is 32.7 Å². The van der Waals surface area contributed by atoms with E-state index in [-0.39, 0.29) is 34.5 Å². The molecule has 2 amide bonds. The van der Waals surface area contributed by atoms with Crippen LogP contribution >= 0.6 is 23.2 Å². The molecule has 2 saturated heterocycles. The van der Waals surface area contributed by atoms with Gasteiger partial charge in [0.2, 0.25) is 0 Å². The topological polar surface area (TPSA) is 75.2 Å². The van der Waals surface area contributed by atoms with Gasteiger partial charge in [-0.1, -0.05) is 23.2 Å². The highest BCUT2D eigenvalue weighted by Gasteiger charge is 2.41. The molecular formula is C20H26Cl2N4O4. The van der Waals surface area contributed by atoms with Crippen LogP contribution in [-0.4, -0.2) is 77.8 Å². The number of pyridine rings is 1. The average Bonchev–Trinajstić information content (AvgIpc) is 3.16. The smallest absolute Gasteiger partial charge is 0.410 e. The first kappa shape index (κ1) is 21.3. The number of piperazine rings is 1. The monoisotopic (exact) mass is 456 g/mol. The third kappa shape index (κ3) is 3.99. The molecule has 1 atom stereocenters. The van der Waals surface area contributed by atoms with E-state index in [1.165, 1.54) is 0 Å². The molecule has 3 aliphatic rings. The van der Waals surface area contributed by atoms with Crippen LogP contribution < -0.4 is 9.64 Å². The van der Waals surface area contributed by atoms with Gasteiger partial charge in [-0.15, -0.1) is 0 Å². The molecule has 0 radical (unpaired) electrons. The third-order valence-corrected chi connectivity index (χ3v) is 6.19. The van der Waals surface area contributed by atoms with Gasteiger partial charge in [-0.2, -0.15) is 0 Å². The van der Waals surface area contributed by atoms with Crippen molar-refractivity contribution in [3.8, 4) is 5.75 Å². The van der Waals surface area contributed by atoms with Crippen molar-refractivity contribution in [2.24, 2.45) is 0 Å². The number of nitrogens with zero attached hydrogens (tertiary/aromatic N) is 4. The summed E-state index contributed by atoms with van der Waals surface area (Å²) < 4.78 is 11.5. The fourth-order valence-corrected chi connectivity index (χ4v) is 4.43. The molecule has 1 unspecified atom stereocenters. The second kappa shape index (κ2) is 7.96. The maximum atomic E-state index is 13.6. The molecule has 1 aromatic heterocycles. The number of hydrogen-bond donors (Lipinski definition) is 0. The number of ether oxygens (including phenoxy) is 2. The first-order chi connectivity index (χ1) is 14.2. The lowest BCUT2D eigenvalue weighted by Crippen LogP contribution is -2.58. The van der Waals surface area contributed by atoms with Gasteiger partial charge in [-0.05, 0) is 33.6 Å². The number of aromatic nitrogens is 1. The molecule has 0 N–H and O–H groups in total. The van der Waals surface area contributed by atoms with E-state index in [1.807, 2.05) is 20.8 Å². The van der Waals surface area contributed by atoms with E-state index >= 15 is 0 Å². The predicted octanol–water partition coefficient (Wildman–Crippen LogP) is 3.44. The highest BCUT2D eigenvalue weighted by Crippen LogP contribution is 2.42. The van der Waals surface area contributed by atoms with Gasteiger partial charge in [0.05, 0.1) is 6.04 Å². The standard InChI is InChI=1S/C20H26Cl2N4O4/c1-20(2,3)30-19(28)25-8-9-26-12(10-25)11-29-15-13(18(26)27)17(23-16(22)14(15)21)24-6-4-5-7-24/h12H,4-11H2,1-3H3. The Morgan fingerprint density at radius 3 is 2.53 bits per heavy atom. The Kier molecular flexibility index (Phi) is 5.66. The highest BCUT2D eigenvalue weighted by atomic mass is 35.5. The van der Waals surface area contributed by atoms with Crippen LogP contribution in [-0.2, 0) is 4.74 Å². The molecule has 30 heavy (non-hydrogen) atoms. The van der Waals surface area contributed by atoms with Crippen molar-refractivity contribution in [1.29, 1.82) is 0 Å². The van der Waals surface area contributed by atoms with Gasteiger partial charge in [0, 0.05) is 32.7 Å². The van der Waals surface area contributed by atoms with Crippen LogP contribution in [0.15, 0.2) is 0 Å². The maximum absolute atomic E-state index is 13.6. The van der Waals surface area contributed by atoms with Crippen molar-refractivity contribution in [1.82, 2.24) is 14.8 Å². The van der Waals surface area contributed by atoms with Crippen LogP contribution in [0.5, 0.6) is 5.75 Å². The summed E-state index contributed by atoms with van der Waals surface area (Å²) in [7, 11) is 0. The Morgan fingerprint density at radius 1 is 1.17 bits per heavy atom. The van der Waals surface area contributed by atoms with E-state index in [1.54, 1.807) is 9.80 Å². The van der Waals surface area contributed by atoms with Gasteiger partial charge in [-0.25, -0.2) is 9.78 Å². The van der Waals surface area contributed by atoms with Gasteiger partial charge in [0.15, 0.2) is 10.9 Å². The molecule has 8 nitrogen and oxygen atoms in total. The van der Waals surface area contributed by atoms with Crippen LogP contribution in [0, 0.1) is 0 Å². The summed E-state index contributed by atoms with van der Waals surface area (Å²) in [6.45, 7) is 8.40. The van der Waals surface area contributed by atoms with Crippen molar-refractivity contribution in [2.75, 3.05) is 44.2 Å². The number of carbonyl (C=O) groups is 2. The van der Waals surface area contributed by atoms with Crippen LogP contribution in [0.3, 0.4) is 0 Å². The van der Waals surface area contributed by atoms with E-state index < -0.39 is 11.7 Å². The highest BCUT2D eigenvalue weighted by molar-refractivity contribution is 6.42. The summed E-state index contributed by atoms with van der Waals surface area (Å²) in [5, 5.41) is 0.271. The number of carbonyl (C=O) groups excluding carboxylic acids is 2. The van der Waals surface area contributed by atoms with E-state index in [2.05, 4.69) is 9.88 Å². The Balaban J connectivity index is 1.63. The van der Waals surface area contributed by atoms with Crippen LogP contribution in [0.1, 0.15) is 44.0 Å². The minimum atomic E-state index is -0.583.